The van der Waals surface area contributed by atoms with Crippen molar-refractivity contribution in [2.75, 3.05) is 7.11 Å². The van der Waals surface area contributed by atoms with Gasteiger partial charge >= 0.3 is 5.97 Å². The van der Waals surface area contributed by atoms with Crippen LogP contribution in [0.15, 0.2) is 49.6 Å². The molecule has 0 aliphatic heterocycles. The second-order valence-electron chi connectivity index (χ2n) is 12.7. The molecule has 0 aromatic heterocycles. The summed E-state index contributed by atoms with van der Waals surface area (Å²) in [6, 6.07) is 7.69. The van der Waals surface area contributed by atoms with Gasteiger partial charge in [0.15, 0.2) is 14.1 Å². The van der Waals surface area contributed by atoms with Crippen LogP contribution in [0.5, 0.6) is 5.75 Å². The highest BCUT2D eigenvalue weighted by atomic mass is 28.4. The Bertz CT molecular complexity index is 964. The molecule has 0 radical (unpaired) electrons. The largest absolute Gasteiger partial charge is 0.497 e. The van der Waals surface area contributed by atoms with Gasteiger partial charge in [0.25, 0.3) is 0 Å². The fourth-order valence-corrected chi connectivity index (χ4v) is 5.89. The van der Waals surface area contributed by atoms with E-state index in [2.05, 4.69) is 53.9 Å². The van der Waals surface area contributed by atoms with E-state index in [1.807, 2.05) is 52.0 Å². The molecule has 7 atom stereocenters. The van der Waals surface area contributed by atoms with Gasteiger partial charge < -0.3 is 18.6 Å². The van der Waals surface area contributed by atoms with E-state index < -0.39 is 26.4 Å². The molecule has 0 amide bonds. The zero-order chi connectivity index (χ0) is 30.8. The Hall–Kier alpha value is -2.22. The van der Waals surface area contributed by atoms with Crippen LogP contribution in [0.2, 0.25) is 18.1 Å². The number of ether oxygens (including phenoxy) is 3. The average molecular weight is 575 g/mol. The molecular weight excluding hydrogens is 520 g/mol. The van der Waals surface area contributed by atoms with E-state index in [4.69, 9.17) is 18.6 Å². The molecule has 0 aliphatic carbocycles. The van der Waals surface area contributed by atoms with Crippen molar-refractivity contribution >= 4 is 20.1 Å². The third-order valence-electron chi connectivity index (χ3n) is 8.35. The van der Waals surface area contributed by atoms with Crippen LogP contribution in [0.1, 0.15) is 67.4 Å². The van der Waals surface area contributed by atoms with Crippen molar-refractivity contribution in [2.45, 2.75) is 105 Å². The average Bonchev–Trinajstić information content (AvgIpc) is 2.91. The van der Waals surface area contributed by atoms with Gasteiger partial charge in [-0.3, -0.25) is 9.59 Å². The molecule has 0 N–H and O–H groups in total. The maximum atomic E-state index is 13.7. The predicted molar refractivity (Wildman–Crippen MR) is 166 cm³/mol. The minimum atomic E-state index is -2.24. The van der Waals surface area contributed by atoms with Crippen molar-refractivity contribution in [3.05, 3.63) is 55.1 Å². The number of hydrogen-bond acceptors (Lipinski definition) is 6. The Morgan fingerprint density at radius 3 is 2.02 bits per heavy atom. The second-order valence-corrected chi connectivity index (χ2v) is 17.5. The molecule has 6 nitrogen and oxygen atoms in total. The molecule has 226 valence electrons. The predicted octanol–water partition coefficient (Wildman–Crippen LogP) is 7.78. The normalized spacial score (nSPS) is 17.5. The summed E-state index contributed by atoms with van der Waals surface area (Å²) < 4.78 is 24.4. The van der Waals surface area contributed by atoms with Gasteiger partial charge in [-0.15, -0.1) is 6.58 Å². The quantitative estimate of drug-likeness (QED) is 0.0819. The number of methoxy groups -OCH3 is 1. The van der Waals surface area contributed by atoms with Gasteiger partial charge in [-0.1, -0.05) is 66.3 Å². The Balaban J connectivity index is 3.14. The molecular formula is C33H54O6Si. The summed E-state index contributed by atoms with van der Waals surface area (Å²) in [7, 11) is -0.603. The van der Waals surface area contributed by atoms with Crippen molar-refractivity contribution in [2.24, 2.45) is 23.7 Å². The van der Waals surface area contributed by atoms with Crippen LogP contribution in [0, 0.1) is 23.7 Å². The van der Waals surface area contributed by atoms with Crippen molar-refractivity contribution in [3.8, 4) is 5.75 Å². The number of ketones is 1. The molecule has 0 fully saturated rings. The number of hydrogen-bond donors (Lipinski definition) is 0. The van der Waals surface area contributed by atoms with Crippen molar-refractivity contribution in [3.63, 3.8) is 0 Å². The highest BCUT2D eigenvalue weighted by Gasteiger charge is 2.44. The van der Waals surface area contributed by atoms with E-state index in [9.17, 15) is 9.59 Å². The number of carbonyl (C=O) groups is 2. The molecule has 0 bridgehead atoms. The lowest BCUT2D eigenvalue weighted by molar-refractivity contribution is -0.169. The monoisotopic (exact) mass is 574 g/mol. The van der Waals surface area contributed by atoms with Crippen LogP contribution in [0.25, 0.3) is 0 Å². The molecule has 1 rings (SSSR count). The summed E-state index contributed by atoms with van der Waals surface area (Å²) in [4.78, 5) is 26.0. The first kappa shape index (κ1) is 35.8. The van der Waals surface area contributed by atoms with E-state index in [1.54, 1.807) is 13.2 Å². The molecule has 0 saturated carbocycles. The highest BCUT2D eigenvalue weighted by molar-refractivity contribution is 6.74. The Labute approximate surface area is 244 Å². The van der Waals surface area contributed by atoms with E-state index in [-0.39, 0.29) is 40.6 Å². The van der Waals surface area contributed by atoms with Gasteiger partial charge in [0.05, 0.1) is 31.8 Å². The van der Waals surface area contributed by atoms with E-state index in [0.717, 1.165) is 11.3 Å². The van der Waals surface area contributed by atoms with Gasteiger partial charge in [0.2, 0.25) is 0 Å². The number of allylic oxidation sites excluding steroid dienone is 1. The summed E-state index contributed by atoms with van der Waals surface area (Å²) >= 11 is 0. The fraction of sp³-hybridized carbons (Fsp3) is 0.636. The van der Waals surface area contributed by atoms with Crippen molar-refractivity contribution in [1.29, 1.82) is 0 Å². The minimum absolute atomic E-state index is 0.00383. The molecule has 0 aliphatic rings. The van der Waals surface area contributed by atoms with Crippen LogP contribution in [-0.2, 0) is 30.1 Å². The van der Waals surface area contributed by atoms with Crippen LogP contribution in [0.4, 0.5) is 0 Å². The first-order chi connectivity index (χ1) is 18.5. The van der Waals surface area contributed by atoms with Gasteiger partial charge in [-0.2, -0.15) is 0 Å². The van der Waals surface area contributed by atoms with E-state index >= 15 is 0 Å². The summed E-state index contributed by atoms with van der Waals surface area (Å²) in [5.74, 6) is -0.471. The van der Waals surface area contributed by atoms with Crippen LogP contribution in [0.3, 0.4) is 0 Å². The summed E-state index contributed by atoms with van der Waals surface area (Å²) in [6.07, 6.45) is 2.46. The number of benzene rings is 1. The first-order valence-electron chi connectivity index (χ1n) is 14.4. The number of esters is 1. The Kier molecular flexibility index (Phi) is 14.0. The van der Waals surface area contributed by atoms with Gasteiger partial charge in [-0.25, -0.2) is 0 Å². The first-order valence-corrected chi connectivity index (χ1v) is 17.3. The molecule has 1 aromatic carbocycles. The second kappa shape index (κ2) is 15.7. The zero-order valence-electron chi connectivity index (χ0n) is 26.8. The SMILES string of the molecule is C=CC(=O)[C@H](C)C[C@H](C)[C@H](O[Si](C)(C)C(C)(C)C)[C@@H](C)C(=O)O[C@@H]([C@H](C)C=C)[C@@H](C)OCc1ccc(OC)cc1. The summed E-state index contributed by atoms with van der Waals surface area (Å²) in [6.45, 7) is 28.5. The lowest BCUT2D eigenvalue weighted by Crippen LogP contribution is -2.49. The smallest absolute Gasteiger partial charge is 0.311 e. The third-order valence-corrected chi connectivity index (χ3v) is 12.8. The molecule has 0 saturated heterocycles. The van der Waals surface area contributed by atoms with Gasteiger partial charge in [0, 0.05) is 11.8 Å². The Morgan fingerprint density at radius 2 is 1.55 bits per heavy atom. The molecule has 40 heavy (non-hydrogen) atoms. The Morgan fingerprint density at radius 1 is 0.975 bits per heavy atom. The van der Waals surface area contributed by atoms with Crippen LogP contribution < -0.4 is 4.74 Å². The van der Waals surface area contributed by atoms with Crippen LogP contribution in [-0.4, -0.2) is 45.5 Å². The maximum Gasteiger partial charge on any atom is 0.311 e. The third kappa shape index (κ3) is 10.3. The lowest BCUT2D eigenvalue weighted by atomic mass is 9.85. The lowest BCUT2D eigenvalue weighted by Gasteiger charge is -2.43. The number of rotatable bonds is 17. The molecule has 0 spiro atoms. The fourth-order valence-electron chi connectivity index (χ4n) is 4.42. The molecule has 0 unspecified atom stereocenters. The van der Waals surface area contributed by atoms with Crippen molar-refractivity contribution < 1.29 is 28.2 Å². The molecule has 1 aromatic rings. The molecule has 7 heteroatoms. The van der Waals surface area contributed by atoms with Crippen molar-refractivity contribution in [1.82, 2.24) is 0 Å². The minimum Gasteiger partial charge on any atom is -0.497 e. The van der Waals surface area contributed by atoms with Gasteiger partial charge in [0.1, 0.15) is 11.9 Å². The molecule has 0 heterocycles. The van der Waals surface area contributed by atoms with Crippen LogP contribution >= 0.6 is 0 Å². The maximum absolute atomic E-state index is 13.7. The summed E-state index contributed by atoms with van der Waals surface area (Å²) in [5.41, 5.74) is 0.997. The standard InChI is InChI=1S/C33H54O6Si/c1-14-22(3)31(26(7)37-21-27-16-18-28(36-11)19-17-27)38-32(35)25(6)30(39-40(12,13)33(8,9)10)24(5)20-23(4)29(34)15-2/h14-19,22-26,30-31H,1-2,20-21H2,3-13H3/t22-,23-,24+,25-,26-,30+,31+/m1/s1. The topological polar surface area (TPSA) is 71.1 Å². The zero-order valence-corrected chi connectivity index (χ0v) is 27.8. The van der Waals surface area contributed by atoms with Gasteiger partial charge in [-0.05, 0) is 68.1 Å². The summed E-state index contributed by atoms with van der Waals surface area (Å²) in [5, 5.41) is -0.0408. The number of carbonyl (C=O) groups excluding carboxylic acids is 2. The van der Waals surface area contributed by atoms with E-state index in [0.29, 0.717) is 13.0 Å². The van der Waals surface area contributed by atoms with E-state index in [1.165, 1.54) is 6.08 Å². The highest BCUT2D eigenvalue weighted by Crippen LogP contribution is 2.40.